The number of carbonyl (C=O) groups is 1. The molecule has 8 rings (SSSR count). The molecule has 0 spiro atoms. The zero-order chi connectivity index (χ0) is 57.8. The van der Waals surface area contributed by atoms with Crippen LogP contribution in [0.5, 0.6) is 46.0 Å². The number of carbonyl (C=O) groups excluding carboxylic acids is 1. The highest BCUT2D eigenvalue weighted by Gasteiger charge is 2.43. The van der Waals surface area contributed by atoms with Crippen LogP contribution < -0.4 is 23.7 Å². The lowest BCUT2D eigenvalue weighted by molar-refractivity contribution is 0.0757. The molecule has 0 atom stereocenters. The van der Waals surface area contributed by atoms with E-state index in [1.807, 2.05) is 0 Å². The van der Waals surface area contributed by atoms with Gasteiger partial charge in [-0.05, 0) is 71.0 Å². The van der Waals surface area contributed by atoms with Crippen LogP contribution in [-0.2, 0) is 4.18 Å². The highest BCUT2D eigenvalue weighted by atomic mass is 32.3. The van der Waals surface area contributed by atoms with Gasteiger partial charge in [-0.15, -0.1) is 0 Å². The number of benzene rings is 8. The summed E-state index contributed by atoms with van der Waals surface area (Å²) in [6.07, 6.45) is 0. The lowest BCUT2D eigenvalue weighted by Gasteiger charge is -2.40. The van der Waals surface area contributed by atoms with Gasteiger partial charge in [-0.3, -0.25) is 0 Å². The summed E-state index contributed by atoms with van der Waals surface area (Å²) in [7, 11) is -1.66. The minimum atomic E-state index is -4.07. The van der Waals surface area contributed by atoms with Crippen molar-refractivity contribution in [2.45, 2.75) is 14.7 Å². The lowest BCUT2D eigenvalue weighted by Crippen LogP contribution is -2.17. The van der Waals surface area contributed by atoms with Crippen molar-refractivity contribution in [3.05, 3.63) is 207 Å². The van der Waals surface area contributed by atoms with Crippen LogP contribution >= 0.6 is 10.3 Å². The second-order valence-electron chi connectivity index (χ2n) is 15.5. The highest BCUT2D eigenvalue weighted by Crippen LogP contribution is 2.70. The van der Waals surface area contributed by atoms with Crippen LogP contribution in [0.3, 0.4) is 0 Å². The predicted molar refractivity (Wildman–Crippen MR) is 231 cm³/mol. The molecule has 0 saturated carbocycles. The second-order valence-corrected chi connectivity index (χ2v) is 18.2. The van der Waals surface area contributed by atoms with Crippen molar-refractivity contribution < 1.29 is 120 Å². The van der Waals surface area contributed by atoms with E-state index in [-0.39, 0.29) is 26.2 Å². The van der Waals surface area contributed by atoms with E-state index in [4.69, 9.17) is 27.9 Å². The minimum Gasteiger partial charge on any atom is -0.497 e. The Bertz CT molecular complexity index is 3630. The molecule has 0 fully saturated rings. The molecule has 0 unspecified atom stereocenters. The molecule has 28 heteroatoms. The quantitative estimate of drug-likeness (QED) is 0.0610. The van der Waals surface area contributed by atoms with Gasteiger partial charge in [-0.25, -0.2) is 66.3 Å². The molecular weight excluding hydrogens is 1140 g/mol. The Morgan fingerprint density at radius 2 is 0.633 bits per heavy atom. The second kappa shape index (κ2) is 21.5. The van der Waals surface area contributed by atoms with Crippen molar-refractivity contribution in [3.63, 3.8) is 0 Å². The number of rotatable bonds is 14. The number of ether oxygens (including phenoxy) is 5. The van der Waals surface area contributed by atoms with Gasteiger partial charge in [0.1, 0.15) is 11.5 Å². The Kier molecular flexibility index (Phi) is 15.4. The van der Waals surface area contributed by atoms with Gasteiger partial charge in [0.15, 0.2) is 34.8 Å². The SMILES string of the molecule is COc1ccc(S(OC(=O)c2cc(Oc3c(F)c(F)c(F)c(F)c3F)c(Oc3c(F)c(F)c(F)c(F)c3F)c(Oc3c(F)c(F)c(F)c(F)c3F)c2-c2c(F)c(F)c(F)c(F)c2F)(c2ccccc2)c2ccc(OC)cc2)cc1. The van der Waals surface area contributed by atoms with E-state index < -0.39 is 190 Å². The average Bonchev–Trinajstić information content (AvgIpc) is 3.59. The maximum absolute atomic E-state index is 16.6. The van der Waals surface area contributed by atoms with E-state index in [0.717, 1.165) is 0 Å². The average molecular weight is 1160 g/mol. The zero-order valence-corrected chi connectivity index (χ0v) is 39.2. The molecular formula is C51H20F20O7S. The predicted octanol–water partition coefficient (Wildman–Crippen LogP) is 16.6. The first-order valence-electron chi connectivity index (χ1n) is 21.0. The molecule has 0 heterocycles. The molecule has 0 radical (unpaired) electrons. The minimum absolute atomic E-state index is 0.0917. The Hall–Kier alpha value is -8.82. The summed E-state index contributed by atoms with van der Waals surface area (Å²) >= 11 is 0. The van der Waals surface area contributed by atoms with Gasteiger partial charge in [-0.2, -0.15) is 26.3 Å². The Labute approximate surface area is 428 Å². The standard InChI is InChI=1S/C51H20F20O7S/c1-73-17-8-12-20(13-9-17)79(19-6-4-3-5-7-19,21-14-10-18(74-2)11-15-21)78-51(72)22-16-23(75-48-40(66)34(60)31(57)35(61)41(48)67)46(76-49-42(68)36(62)32(58)37(63)43(49)69)47(77-50-44(70)38(64)33(59)39(65)45(50)71)24(22)25-26(52)28(54)30(56)29(55)27(25)53/h3-16H,1-2H3. The summed E-state index contributed by atoms with van der Waals surface area (Å²) in [4.78, 5) is 15.1. The first-order chi connectivity index (χ1) is 37.3. The third-order valence-electron chi connectivity index (χ3n) is 11.1. The number of hydrogen-bond acceptors (Lipinski definition) is 7. The van der Waals surface area contributed by atoms with Gasteiger partial charge in [-0.1, -0.05) is 18.2 Å². The van der Waals surface area contributed by atoms with Crippen LogP contribution in [0.1, 0.15) is 10.4 Å². The van der Waals surface area contributed by atoms with E-state index in [2.05, 4.69) is 0 Å². The molecule has 0 aliphatic rings. The van der Waals surface area contributed by atoms with Gasteiger partial charge < -0.3 is 27.9 Å². The fraction of sp³-hybridized carbons (Fsp3) is 0.0392. The molecule has 8 aromatic carbocycles. The molecule has 8 aromatic rings. The van der Waals surface area contributed by atoms with Crippen LogP contribution in [0.25, 0.3) is 11.1 Å². The van der Waals surface area contributed by atoms with E-state index in [9.17, 15) is 35.1 Å². The molecule has 0 saturated heterocycles. The first kappa shape index (κ1) is 56.4. The smallest absolute Gasteiger partial charge is 0.350 e. The third-order valence-corrected chi connectivity index (χ3v) is 14.3. The first-order valence-corrected chi connectivity index (χ1v) is 22.6. The van der Waals surface area contributed by atoms with E-state index in [1.54, 1.807) is 0 Å². The Balaban J connectivity index is 1.63. The molecule has 0 aliphatic carbocycles. The maximum Gasteiger partial charge on any atom is 0.350 e. The van der Waals surface area contributed by atoms with Crippen LogP contribution in [-0.4, -0.2) is 20.2 Å². The Morgan fingerprint density at radius 3 is 0.987 bits per heavy atom. The van der Waals surface area contributed by atoms with Crippen molar-refractivity contribution in [2.24, 2.45) is 0 Å². The van der Waals surface area contributed by atoms with Crippen molar-refractivity contribution in [1.29, 1.82) is 0 Å². The van der Waals surface area contributed by atoms with Crippen molar-refractivity contribution >= 4 is 16.3 Å². The normalized spacial score (nSPS) is 11.7. The summed E-state index contributed by atoms with van der Waals surface area (Å²) in [6, 6.07) is 15.9. The lowest BCUT2D eigenvalue weighted by atomic mass is 9.95. The fourth-order valence-corrected chi connectivity index (χ4v) is 10.3. The van der Waals surface area contributed by atoms with E-state index >= 15 is 57.5 Å². The van der Waals surface area contributed by atoms with Gasteiger partial charge >= 0.3 is 5.97 Å². The fourth-order valence-electron chi connectivity index (χ4n) is 7.32. The monoisotopic (exact) mass is 1160 g/mol. The van der Waals surface area contributed by atoms with Gasteiger partial charge in [0.05, 0.1) is 25.3 Å². The van der Waals surface area contributed by atoms with Gasteiger partial charge in [0.2, 0.25) is 116 Å². The molecule has 0 aromatic heterocycles. The van der Waals surface area contributed by atoms with Crippen LogP contribution in [0.2, 0.25) is 0 Å². The summed E-state index contributed by atoms with van der Waals surface area (Å²) < 4.78 is 337. The van der Waals surface area contributed by atoms with Crippen molar-refractivity contribution in [3.8, 4) is 57.1 Å². The van der Waals surface area contributed by atoms with Gasteiger partial charge in [0, 0.05) is 26.3 Å². The number of hydrogen-bond donors (Lipinski definition) is 0. The zero-order valence-electron chi connectivity index (χ0n) is 38.4. The van der Waals surface area contributed by atoms with Gasteiger partial charge in [0.25, 0.3) is 0 Å². The van der Waals surface area contributed by atoms with Crippen molar-refractivity contribution in [2.75, 3.05) is 14.2 Å². The molecule has 79 heavy (non-hydrogen) atoms. The molecule has 412 valence electrons. The maximum atomic E-state index is 16.6. The molecule has 0 N–H and O–H groups in total. The third kappa shape index (κ3) is 9.41. The van der Waals surface area contributed by atoms with Crippen molar-refractivity contribution in [1.82, 2.24) is 0 Å². The van der Waals surface area contributed by atoms with Crippen LogP contribution in [0.4, 0.5) is 87.8 Å². The van der Waals surface area contributed by atoms with E-state index in [1.165, 1.54) is 93.1 Å². The summed E-state index contributed by atoms with van der Waals surface area (Å²) in [6.45, 7) is 0. The molecule has 0 aliphatic heterocycles. The Morgan fingerprint density at radius 1 is 0.329 bits per heavy atom. The molecule has 0 amide bonds. The molecule has 0 bridgehead atoms. The largest absolute Gasteiger partial charge is 0.497 e. The highest BCUT2D eigenvalue weighted by molar-refractivity contribution is 8.30. The number of methoxy groups -OCH3 is 2. The number of halogens is 20. The van der Waals surface area contributed by atoms with E-state index in [0.29, 0.717) is 0 Å². The van der Waals surface area contributed by atoms with Crippen LogP contribution in [0.15, 0.2) is 99.6 Å². The summed E-state index contributed by atoms with van der Waals surface area (Å²) in [5.41, 5.74) is -7.22. The molecule has 7 nitrogen and oxygen atoms in total. The summed E-state index contributed by atoms with van der Waals surface area (Å²) in [5, 5.41) is 0. The topological polar surface area (TPSA) is 72.5 Å². The van der Waals surface area contributed by atoms with Crippen LogP contribution in [0, 0.1) is 116 Å². The summed E-state index contributed by atoms with van der Waals surface area (Å²) in [5.74, 6) is -79.9.